The van der Waals surface area contributed by atoms with E-state index >= 15 is 0 Å². The molecule has 0 bridgehead atoms. The van der Waals surface area contributed by atoms with Crippen LogP contribution in [-0.4, -0.2) is 59.0 Å². The van der Waals surface area contributed by atoms with Crippen molar-refractivity contribution in [2.45, 2.75) is 19.0 Å². The lowest BCUT2D eigenvalue weighted by atomic mass is 9.92. The summed E-state index contributed by atoms with van der Waals surface area (Å²) in [5.74, 6) is -0.251. The molecule has 1 saturated heterocycles. The van der Waals surface area contributed by atoms with Crippen molar-refractivity contribution in [1.82, 2.24) is 15.1 Å². The Morgan fingerprint density at radius 1 is 0.974 bits per heavy atom. The molecule has 0 spiro atoms. The van der Waals surface area contributed by atoms with Crippen LogP contribution in [0.15, 0.2) is 83.8 Å². The molecule has 2 aliphatic heterocycles. The van der Waals surface area contributed by atoms with Gasteiger partial charge >= 0.3 is 0 Å². The first-order chi connectivity index (χ1) is 18.9. The number of thioether (sulfide) groups is 1. The first-order valence-corrected chi connectivity index (χ1v) is 13.4. The van der Waals surface area contributed by atoms with Crippen molar-refractivity contribution in [3.63, 3.8) is 0 Å². The highest BCUT2D eigenvalue weighted by Gasteiger charge is 2.37. The van der Waals surface area contributed by atoms with E-state index in [1.54, 1.807) is 66.6 Å². The smallest absolute Gasteiger partial charge is 0.293 e. The molecular formula is C30H27N3O5S. The minimum atomic E-state index is -0.711. The highest BCUT2D eigenvalue weighted by atomic mass is 32.2. The largest absolute Gasteiger partial charge is 0.497 e. The van der Waals surface area contributed by atoms with Crippen molar-refractivity contribution in [2.75, 3.05) is 20.2 Å². The van der Waals surface area contributed by atoms with Crippen LogP contribution in [0.1, 0.15) is 27.0 Å². The van der Waals surface area contributed by atoms with Crippen LogP contribution < -0.4 is 10.1 Å². The third-order valence-corrected chi connectivity index (χ3v) is 7.66. The van der Waals surface area contributed by atoms with Crippen molar-refractivity contribution in [3.8, 4) is 5.75 Å². The summed E-state index contributed by atoms with van der Waals surface area (Å²) in [5.41, 5.74) is 3.31. The molecule has 1 N–H and O–H groups in total. The Morgan fingerprint density at radius 3 is 2.38 bits per heavy atom. The van der Waals surface area contributed by atoms with Crippen molar-refractivity contribution in [2.24, 2.45) is 0 Å². The van der Waals surface area contributed by atoms with Crippen LogP contribution in [-0.2, 0) is 22.6 Å². The van der Waals surface area contributed by atoms with Gasteiger partial charge in [-0.05, 0) is 58.8 Å². The highest BCUT2D eigenvalue weighted by molar-refractivity contribution is 8.18. The summed E-state index contributed by atoms with van der Waals surface area (Å²) >= 11 is 0.869. The summed E-state index contributed by atoms with van der Waals surface area (Å²) in [6.07, 6.45) is 2.04. The lowest BCUT2D eigenvalue weighted by molar-refractivity contribution is -0.127. The van der Waals surface area contributed by atoms with Crippen LogP contribution in [0.25, 0.3) is 6.08 Å². The zero-order valence-corrected chi connectivity index (χ0v) is 22.1. The molecule has 2 aliphatic rings. The van der Waals surface area contributed by atoms with E-state index < -0.39 is 11.9 Å². The zero-order valence-electron chi connectivity index (χ0n) is 21.3. The van der Waals surface area contributed by atoms with Gasteiger partial charge in [0, 0.05) is 31.6 Å². The van der Waals surface area contributed by atoms with Crippen LogP contribution in [0.2, 0.25) is 0 Å². The van der Waals surface area contributed by atoms with E-state index in [0.717, 1.165) is 33.4 Å². The normalized spacial score (nSPS) is 17.8. The van der Waals surface area contributed by atoms with Crippen LogP contribution in [0.3, 0.4) is 0 Å². The highest BCUT2D eigenvalue weighted by Crippen LogP contribution is 2.32. The minimum absolute atomic E-state index is 0.0340. The molecule has 3 aromatic carbocycles. The third-order valence-electron chi connectivity index (χ3n) is 6.75. The molecule has 1 atom stereocenters. The number of hydrogen-bond donors (Lipinski definition) is 1. The van der Waals surface area contributed by atoms with E-state index in [-0.39, 0.29) is 30.1 Å². The predicted molar refractivity (Wildman–Crippen MR) is 149 cm³/mol. The van der Waals surface area contributed by atoms with Gasteiger partial charge in [0.1, 0.15) is 11.8 Å². The van der Waals surface area contributed by atoms with Crippen LogP contribution >= 0.6 is 11.8 Å². The second-order valence-corrected chi connectivity index (χ2v) is 10.2. The van der Waals surface area contributed by atoms with Gasteiger partial charge in [-0.15, -0.1) is 0 Å². The zero-order chi connectivity index (χ0) is 27.4. The van der Waals surface area contributed by atoms with Crippen molar-refractivity contribution in [1.29, 1.82) is 0 Å². The maximum atomic E-state index is 13.3. The number of nitrogens with one attached hydrogen (secondary N) is 1. The standard InChI is InChI=1S/C30H27N3O5S/c1-38-24-13-11-20(12-14-24)17-26-29(36)32(30(37)39-26)16-15-31-27(34)25-18-22-9-5-6-10-23(22)19-33(25)28(35)21-7-3-2-4-8-21/h2-14,17,25H,15-16,18-19H2,1H3,(H,31,34)/b26-17+/t25-/m0/s1. The Hall–Kier alpha value is -4.37. The molecule has 1 fully saturated rings. The van der Waals surface area contributed by atoms with E-state index in [2.05, 4.69) is 5.32 Å². The van der Waals surface area contributed by atoms with E-state index in [1.165, 1.54) is 0 Å². The van der Waals surface area contributed by atoms with Crippen LogP contribution in [0.5, 0.6) is 5.75 Å². The Kier molecular flexibility index (Phi) is 7.79. The first-order valence-electron chi connectivity index (χ1n) is 12.5. The average molecular weight is 542 g/mol. The van der Waals surface area contributed by atoms with Gasteiger partial charge < -0.3 is 15.0 Å². The van der Waals surface area contributed by atoms with Gasteiger partial charge in [-0.1, -0.05) is 54.6 Å². The number of nitrogens with zero attached hydrogens (tertiary/aromatic N) is 2. The predicted octanol–water partition coefficient (Wildman–Crippen LogP) is 4.12. The number of methoxy groups -OCH3 is 1. The molecule has 0 saturated carbocycles. The van der Waals surface area contributed by atoms with Gasteiger partial charge in [0.2, 0.25) is 5.91 Å². The third kappa shape index (κ3) is 5.73. The topological polar surface area (TPSA) is 96.0 Å². The van der Waals surface area contributed by atoms with Gasteiger partial charge in [-0.2, -0.15) is 0 Å². The number of amides is 4. The van der Waals surface area contributed by atoms with Crippen LogP contribution in [0, 0.1) is 0 Å². The molecule has 3 aromatic rings. The number of benzene rings is 3. The summed E-state index contributed by atoms with van der Waals surface area (Å²) in [4.78, 5) is 55.1. The van der Waals surface area contributed by atoms with Gasteiger partial charge in [0.05, 0.1) is 12.0 Å². The Bertz CT molecular complexity index is 1440. The van der Waals surface area contributed by atoms with E-state index in [1.807, 2.05) is 30.3 Å². The van der Waals surface area contributed by atoms with E-state index in [4.69, 9.17) is 4.74 Å². The number of imide groups is 1. The SMILES string of the molecule is COc1ccc(/C=C2/SC(=O)N(CCNC(=O)[C@@H]3Cc4ccccc4CN3C(=O)c3ccccc3)C2=O)cc1. The number of hydrogen-bond acceptors (Lipinski definition) is 6. The Balaban J connectivity index is 1.24. The first kappa shape index (κ1) is 26.2. The summed E-state index contributed by atoms with van der Waals surface area (Å²) in [5, 5.41) is 2.46. The molecule has 8 nitrogen and oxygen atoms in total. The van der Waals surface area contributed by atoms with Gasteiger partial charge in [0.15, 0.2) is 0 Å². The van der Waals surface area contributed by atoms with Crippen molar-refractivity contribution < 1.29 is 23.9 Å². The molecule has 4 amide bonds. The minimum Gasteiger partial charge on any atom is -0.497 e. The summed E-state index contributed by atoms with van der Waals surface area (Å²) in [6, 6.07) is 23.1. The molecule has 0 unspecified atom stereocenters. The van der Waals surface area contributed by atoms with E-state index in [9.17, 15) is 19.2 Å². The number of carbonyl (C=O) groups excluding carboxylic acids is 4. The quantitative estimate of drug-likeness (QED) is 0.452. The van der Waals surface area contributed by atoms with Crippen LogP contribution in [0.4, 0.5) is 4.79 Å². The van der Waals surface area contributed by atoms with Crippen molar-refractivity contribution in [3.05, 3.63) is 106 Å². The molecule has 198 valence electrons. The maximum absolute atomic E-state index is 13.3. The molecule has 0 radical (unpaired) electrons. The summed E-state index contributed by atoms with van der Waals surface area (Å²) in [7, 11) is 1.57. The molecule has 0 aromatic heterocycles. The molecule has 5 rings (SSSR count). The van der Waals surface area contributed by atoms with Crippen molar-refractivity contribution >= 4 is 40.8 Å². The fourth-order valence-electron chi connectivity index (χ4n) is 4.67. The average Bonchev–Trinajstić information content (AvgIpc) is 3.24. The number of fused-ring (bicyclic) bond motifs is 1. The fourth-order valence-corrected chi connectivity index (χ4v) is 5.54. The van der Waals surface area contributed by atoms with Gasteiger partial charge in [-0.25, -0.2) is 0 Å². The fraction of sp³-hybridized carbons (Fsp3) is 0.200. The molecule has 39 heavy (non-hydrogen) atoms. The maximum Gasteiger partial charge on any atom is 0.293 e. The molecular weight excluding hydrogens is 514 g/mol. The lowest BCUT2D eigenvalue weighted by Crippen LogP contribution is -2.53. The molecule has 0 aliphatic carbocycles. The lowest BCUT2D eigenvalue weighted by Gasteiger charge is -2.36. The molecule has 9 heteroatoms. The second kappa shape index (κ2) is 11.6. The van der Waals surface area contributed by atoms with Gasteiger partial charge in [-0.3, -0.25) is 24.1 Å². The number of ether oxygens (including phenoxy) is 1. The van der Waals surface area contributed by atoms with E-state index in [0.29, 0.717) is 29.2 Å². The Morgan fingerprint density at radius 2 is 1.67 bits per heavy atom. The summed E-state index contributed by atoms with van der Waals surface area (Å²) in [6.45, 7) is 0.436. The second-order valence-electron chi connectivity index (χ2n) is 9.19. The summed E-state index contributed by atoms with van der Waals surface area (Å²) < 4.78 is 5.15. The monoisotopic (exact) mass is 541 g/mol. The van der Waals surface area contributed by atoms with Gasteiger partial charge in [0.25, 0.3) is 17.1 Å². The molecule has 2 heterocycles. The Labute approximate surface area is 230 Å². The number of rotatable bonds is 7. The number of carbonyl (C=O) groups is 4.